The number of piperidine rings is 1. The molecule has 3 nitrogen and oxygen atoms in total. The van der Waals surface area contributed by atoms with Crippen LogP contribution in [0.1, 0.15) is 71.8 Å². The standard InChI is InChI=1S/C25H34N2O/c1-5-24(23-11-8-19(3)20(4)15-23)26-25(28)22-12-9-21(10-13-22)17-27-14-6-7-18(2)16-27/h8-13,15,18,24H,5-7,14,16-17H2,1-4H3,(H,26,28). The third-order valence-electron chi connectivity index (χ3n) is 6.01. The molecule has 0 aromatic heterocycles. The Bertz CT molecular complexity index is 797. The third-order valence-corrected chi connectivity index (χ3v) is 6.01. The molecule has 1 saturated heterocycles. The maximum Gasteiger partial charge on any atom is 0.251 e. The monoisotopic (exact) mass is 378 g/mol. The molecule has 1 heterocycles. The van der Waals surface area contributed by atoms with Gasteiger partial charge in [0.1, 0.15) is 0 Å². The maximum atomic E-state index is 12.8. The molecule has 0 saturated carbocycles. The van der Waals surface area contributed by atoms with Gasteiger partial charge in [-0.15, -0.1) is 0 Å². The maximum absolute atomic E-state index is 12.8. The first-order valence-corrected chi connectivity index (χ1v) is 10.7. The largest absolute Gasteiger partial charge is 0.345 e. The number of amides is 1. The van der Waals surface area contributed by atoms with E-state index in [2.05, 4.69) is 68.2 Å². The van der Waals surface area contributed by atoms with Crippen LogP contribution in [0.3, 0.4) is 0 Å². The van der Waals surface area contributed by atoms with Crippen LogP contribution >= 0.6 is 0 Å². The second kappa shape index (κ2) is 9.38. The summed E-state index contributed by atoms with van der Waals surface area (Å²) < 4.78 is 0. The fourth-order valence-corrected chi connectivity index (χ4v) is 4.09. The normalized spacial score (nSPS) is 18.6. The molecule has 28 heavy (non-hydrogen) atoms. The quantitative estimate of drug-likeness (QED) is 0.728. The number of nitrogens with one attached hydrogen (secondary N) is 1. The van der Waals surface area contributed by atoms with Crippen molar-refractivity contribution in [2.24, 2.45) is 5.92 Å². The molecule has 1 fully saturated rings. The molecule has 2 aromatic carbocycles. The summed E-state index contributed by atoms with van der Waals surface area (Å²) in [4.78, 5) is 15.3. The summed E-state index contributed by atoms with van der Waals surface area (Å²) in [5, 5.41) is 3.20. The summed E-state index contributed by atoms with van der Waals surface area (Å²) in [6.45, 7) is 12.0. The Morgan fingerprint density at radius 3 is 2.54 bits per heavy atom. The van der Waals surface area contributed by atoms with Gasteiger partial charge >= 0.3 is 0 Å². The number of carbonyl (C=O) groups is 1. The van der Waals surface area contributed by atoms with Crippen LogP contribution in [-0.4, -0.2) is 23.9 Å². The Hall–Kier alpha value is -2.13. The molecule has 0 aliphatic carbocycles. The minimum atomic E-state index is 0.00298. The molecule has 2 aromatic rings. The fourth-order valence-electron chi connectivity index (χ4n) is 4.09. The molecule has 1 amide bonds. The molecule has 2 unspecified atom stereocenters. The molecule has 0 bridgehead atoms. The van der Waals surface area contributed by atoms with Gasteiger partial charge in [-0.1, -0.05) is 44.2 Å². The minimum absolute atomic E-state index is 0.00298. The van der Waals surface area contributed by atoms with Gasteiger partial charge in [0.15, 0.2) is 0 Å². The van der Waals surface area contributed by atoms with Gasteiger partial charge in [-0.2, -0.15) is 0 Å². The average molecular weight is 379 g/mol. The summed E-state index contributed by atoms with van der Waals surface area (Å²) in [7, 11) is 0. The molecule has 1 aliphatic rings. The van der Waals surface area contributed by atoms with E-state index in [1.54, 1.807) is 0 Å². The molecule has 0 spiro atoms. The summed E-state index contributed by atoms with van der Waals surface area (Å²) >= 11 is 0. The van der Waals surface area contributed by atoms with Crippen LogP contribution in [0.4, 0.5) is 0 Å². The van der Waals surface area contributed by atoms with Crippen molar-refractivity contribution in [3.05, 3.63) is 70.3 Å². The lowest BCUT2D eigenvalue weighted by Crippen LogP contribution is -2.33. The van der Waals surface area contributed by atoms with Crippen LogP contribution < -0.4 is 5.32 Å². The van der Waals surface area contributed by atoms with Crippen LogP contribution in [0.25, 0.3) is 0 Å². The van der Waals surface area contributed by atoms with Gasteiger partial charge in [0.2, 0.25) is 0 Å². The van der Waals surface area contributed by atoms with Crippen molar-refractivity contribution in [2.45, 2.75) is 59.5 Å². The fraction of sp³-hybridized carbons (Fsp3) is 0.480. The van der Waals surface area contributed by atoms with Crippen molar-refractivity contribution < 1.29 is 4.79 Å². The van der Waals surface area contributed by atoms with Crippen LogP contribution in [-0.2, 0) is 6.54 Å². The van der Waals surface area contributed by atoms with Crippen molar-refractivity contribution in [3.8, 4) is 0 Å². The lowest BCUT2D eigenvalue weighted by molar-refractivity contribution is 0.0935. The number of nitrogens with zero attached hydrogens (tertiary/aromatic N) is 1. The molecule has 3 rings (SSSR count). The van der Waals surface area contributed by atoms with Gasteiger partial charge in [-0.3, -0.25) is 9.69 Å². The van der Waals surface area contributed by atoms with Crippen LogP contribution in [0.15, 0.2) is 42.5 Å². The Kier molecular flexibility index (Phi) is 6.90. The first kappa shape index (κ1) is 20.6. The van der Waals surface area contributed by atoms with Gasteiger partial charge in [0.05, 0.1) is 6.04 Å². The zero-order valence-electron chi connectivity index (χ0n) is 17.8. The van der Waals surface area contributed by atoms with Crippen molar-refractivity contribution in [2.75, 3.05) is 13.1 Å². The molecule has 2 atom stereocenters. The van der Waals surface area contributed by atoms with E-state index >= 15 is 0 Å². The number of likely N-dealkylation sites (tertiary alicyclic amines) is 1. The van der Waals surface area contributed by atoms with Crippen molar-refractivity contribution in [3.63, 3.8) is 0 Å². The average Bonchev–Trinajstić information content (AvgIpc) is 2.69. The number of hydrogen-bond donors (Lipinski definition) is 1. The Labute approximate surface area is 170 Å². The molecule has 1 aliphatic heterocycles. The zero-order chi connectivity index (χ0) is 20.1. The minimum Gasteiger partial charge on any atom is -0.345 e. The highest BCUT2D eigenvalue weighted by molar-refractivity contribution is 5.94. The third kappa shape index (κ3) is 5.23. The summed E-state index contributed by atoms with van der Waals surface area (Å²) in [6.07, 6.45) is 3.51. The van der Waals surface area contributed by atoms with E-state index in [4.69, 9.17) is 0 Å². The number of aryl methyl sites for hydroxylation is 2. The van der Waals surface area contributed by atoms with E-state index in [0.29, 0.717) is 0 Å². The predicted molar refractivity (Wildman–Crippen MR) is 117 cm³/mol. The highest BCUT2D eigenvalue weighted by Gasteiger charge is 2.17. The van der Waals surface area contributed by atoms with Crippen LogP contribution in [0.2, 0.25) is 0 Å². The van der Waals surface area contributed by atoms with E-state index in [1.807, 2.05) is 12.1 Å². The van der Waals surface area contributed by atoms with Gasteiger partial charge in [0, 0.05) is 18.7 Å². The van der Waals surface area contributed by atoms with Crippen LogP contribution in [0.5, 0.6) is 0 Å². The first-order chi connectivity index (χ1) is 13.5. The lowest BCUT2D eigenvalue weighted by atomic mass is 9.99. The van der Waals surface area contributed by atoms with Gasteiger partial charge in [-0.05, 0) is 80.0 Å². The highest BCUT2D eigenvalue weighted by Crippen LogP contribution is 2.21. The number of rotatable bonds is 6. The van der Waals surface area contributed by atoms with E-state index in [-0.39, 0.29) is 11.9 Å². The number of carbonyl (C=O) groups excluding carboxylic acids is 1. The molecule has 150 valence electrons. The Morgan fingerprint density at radius 1 is 1.14 bits per heavy atom. The van der Waals surface area contributed by atoms with Crippen molar-refractivity contribution >= 4 is 5.91 Å². The Balaban J connectivity index is 1.62. The van der Waals surface area contributed by atoms with Crippen LogP contribution in [0, 0.1) is 19.8 Å². The number of benzene rings is 2. The smallest absolute Gasteiger partial charge is 0.251 e. The van der Waals surface area contributed by atoms with Gasteiger partial charge < -0.3 is 5.32 Å². The second-order valence-electron chi connectivity index (χ2n) is 8.46. The van der Waals surface area contributed by atoms with E-state index in [0.717, 1.165) is 24.4 Å². The molecule has 0 radical (unpaired) electrons. The predicted octanol–water partition coefficient (Wildman–Crippen LogP) is 5.42. The molecular weight excluding hydrogens is 344 g/mol. The lowest BCUT2D eigenvalue weighted by Gasteiger charge is -2.30. The topological polar surface area (TPSA) is 32.3 Å². The molecule has 3 heteroatoms. The van der Waals surface area contributed by atoms with Gasteiger partial charge in [0.25, 0.3) is 5.91 Å². The molecule has 1 N–H and O–H groups in total. The zero-order valence-corrected chi connectivity index (χ0v) is 17.8. The highest BCUT2D eigenvalue weighted by atomic mass is 16.1. The first-order valence-electron chi connectivity index (χ1n) is 10.7. The van der Waals surface area contributed by atoms with E-state index in [9.17, 15) is 4.79 Å². The molecular formula is C25H34N2O. The van der Waals surface area contributed by atoms with Crippen molar-refractivity contribution in [1.29, 1.82) is 0 Å². The van der Waals surface area contributed by atoms with Crippen molar-refractivity contribution in [1.82, 2.24) is 10.2 Å². The van der Waals surface area contributed by atoms with Gasteiger partial charge in [-0.25, -0.2) is 0 Å². The van der Waals surface area contributed by atoms with E-state index in [1.165, 1.54) is 48.2 Å². The summed E-state index contributed by atoms with van der Waals surface area (Å²) in [5.74, 6) is 0.790. The SMILES string of the molecule is CCC(NC(=O)c1ccc(CN2CCCC(C)C2)cc1)c1ccc(C)c(C)c1. The second-order valence-corrected chi connectivity index (χ2v) is 8.46. The summed E-state index contributed by atoms with van der Waals surface area (Å²) in [5.41, 5.74) is 5.74. The Morgan fingerprint density at radius 2 is 1.89 bits per heavy atom. The van der Waals surface area contributed by atoms with E-state index < -0.39 is 0 Å². The summed E-state index contributed by atoms with van der Waals surface area (Å²) in [6, 6.07) is 14.6. The number of hydrogen-bond acceptors (Lipinski definition) is 2.